The van der Waals surface area contributed by atoms with Crippen molar-refractivity contribution in [1.82, 2.24) is 0 Å². The molecule has 0 radical (unpaired) electrons. The Morgan fingerprint density at radius 1 is 1.23 bits per heavy atom. The van der Waals surface area contributed by atoms with Crippen LogP contribution in [0.5, 0.6) is 0 Å². The molecule has 4 aliphatic carbocycles. The Balaban J connectivity index is 1.39. The summed E-state index contributed by atoms with van der Waals surface area (Å²) in [6.45, 7) is 5.72. The van der Waals surface area contributed by atoms with Gasteiger partial charge in [-0.15, -0.1) is 11.8 Å². The zero-order chi connectivity index (χ0) is 28.0. The molecule has 6 rings (SSSR count). The second-order valence-electron chi connectivity index (χ2n) is 12.5. The molecule has 214 valence electrons. The van der Waals surface area contributed by atoms with Gasteiger partial charge in [-0.25, -0.2) is 8.78 Å². The molecule has 3 saturated carbocycles. The molecule has 0 aromatic carbocycles. The standard InChI is InChI=1S/C29H36F2O7S/c1-4-5-24-37-23-12-16-17-11-19(30)18-10-15(32)6-8-26(18,2)28(17,31)21(33)13-27(16,3)29(23,38-24)22(34)14-39-20-7-9-36-25(20)35/h6,8,10,16-17,19-21,23-24,33H,4-5,7,9,11-14H2,1-3H3/t16-,17-,19-,20+,21-,23+,24+,26-,27-,28-,29+/m0/s1. The van der Waals surface area contributed by atoms with Crippen molar-refractivity contribution in [3.63, 3.8) is 0 Å². The number of rotatable bonds is 6. The second kappa shape index (κ2) is 9.19. The highest BCUT2D eigenvalue weighted by Gasteiger charge is 2.79. The maximum Gasteiger partial charge on any atom is 0.319 e. The van der Waals surface area contributed by atoms with Gasteiger partial charge in [0.05, 0.1) is 24.6 Å². The Morgan fingerprint density at radius 2 is 2.00 bits per heavy atom. The van der Waals surface area contributed by atoms with Gasteiger partial charge in [0.2, 0.25) is 0 Å². The first kappa shape index (κ1) is 27.5. The fraction of sp³-hybridized carbons (Fsp3) is 0.759. The van der Waals surface area contributed by atoms with E-state index in [2.05, 4.69) is 0 Å². The molecule has 5 fully saturated rings. The Kier molecular flexibility index (Phi) is 6.49. The van der Waals surface area contributed by atoms with E-state index in [1.165, 1.54) is 30.0 Å². The zero-order valence-electron chi connectivity index (χ0n) is 22.5. The normalized spacial score (nSPS) is 50.1. The molecule has 7 nitrogen and oxygen atoms in total. The number of carbonyl (C=O) groups is 3. The second-order valence-corrected chi connectivity index (χ2v) is 13.7. The van der Waals surface area contributed by atoms with Crippen LogP contribution in [0.4, 0.5) is 8.78 Å². The van der Waals surface area contributed by atoms with Crippen LogP contribution in [0.3, 0.4) is 0 Å². The monoisotopic (exact) mass is 566 g/mol. The number of ether oxygens (including phenoxy) is 3. The highest BCUT2D eigenvalue weighted by Crippen LogP contribution is 2.72. The van der Waals surface area contributed by atoms with Crippen molar-refractivity contribution in [2.24, 2.45) is 22.7 Å². The molecular weight excluding hydrogens is 530 g/mol. The molecule has 39 heavy (non-hydrogen) atoms. The third-order valence-corrected chi connectivity index (χ3v) is 11.9. The summed E-state index contributed by atoms with van der Waals surface area (Å²) >= 11 is 1.22. The first-order valence-corrected chi connectivity index (χ1v) is 15.1. The lowest BCUT2D eigenvalue weighted by atomic mass is 9.44. The van der Waals surface area contributed by atoms with E-state index in [9.17, 15) is 19.5 Å². The molecule has 11 atom stereocenters. The van der Waals surface area contributed by atoms with Crippen LogP contribution in [-0.2, 0) is 28.6 Å². The number of cyclic esters (lactones) is 1. The van der Waals surface area contributed by atoms with Gasteiger partial charge in [0, 0.05) is 23.2 Å². The molecule has 6 aliphatic rings. The first-order chi connectivity index (χ1) is 18.4. The fourth-order valence-electron chi connectivity index (χ4n) is 8.80. The minimum absolute atomic E-state index is 0.0104. The van der Waals surface area contributed by atoms with Crippen LogP contribution in [0.1, 0.15) is 59.3 Å². The number of fused-ring (bicyclic) bond motifs is 7. The molecule has 0 unspecified atom stereocenters. The van der Waals surface area contributed by atoms with Crippen LogP contribution in [0.25, 0.3) is 0 Å². The zero-order valence-corrected chi connectivity index (χ0v) is 23.3. The lowest BCUT2D eigenvalue weighted by molar-refractivity contribution is -0.233. The number of aliphatic hydroxyl groups excluding tert-OH is 1. The van der Waals surface area contributed by atoms with Crippen LogP contribution in [0.2, 0.25) is 0 Å². The number of ketones is 2. The summed E-state index contributed by atoms with van der Waals surface area (Å²) in [4.78, 5) is 38.3. The van der Waals surface area contributed by atoms with E-state index in [0.29, 0.717) is 25.9 Å². The largest absolute Gasteiger partial charge is 0.465 e. The van der Waals surface area contributed by atoms with Crippen molar-refractivity contribution in [3.05, 3.63) is 23.8 Å². The number of hydrogen-bond donors (Lipinski definition) is 1. The lowest BCUT2D eigenvalue weighted by Crippen LogP contribution is -2.70. The van der Waals surface area contributed by atoms with Crippen molar-refractivity contribution in [3.8, 4) is 0 Å². The van der Waals surface area contributed by atoms with E-state index < -0.39 is 69.6 Å². The summed E-state index contributed by atoms with van der Waals surface area (Å²) in [6.07, 6.45) is 1.35. The number of allylic oxidation sites excluding steroid dienone is 4. The van der Waals surface area contributed by atoms with E-state index in [1.54, 1.807) is 6.92 Å². The molecule has 0 bridgehead atoms. The lowest BCUT2D eigenvalue weighted by Gasteiger charge is -2.63. The van der Waals surface area contributed by atoms with Gasteiger partial charge in [0.15, 0.2) is 29.1 Å². The fourth-order valence-corrected chi connectivity index (χ4v) is 9.83. The van der Waals surface area contributed by atoms with Crippen molar-refractivity contribution in [2.75, 3.05) is 12.4 Å². The Morgan fingerprint density at radius 3 is 2.69 bits per heavy atom. The Hall–Kier alpha value is -1.62. The predicted octanol–water partition coefficient (Wildman–Crippen LogP) is 3.81. The molecule has 2 heterocycles. The van der Waals surface area contributed by atoms with Crippen molar-refractivity contribution in [2.45, 2.75) is 100 Å². The third kappa shape index (κ3) is 3.53. The van der Waals surface area contributed by atoms with Crippen LogP contribution in [0, 0.1) is 22.7 Å². The molecule has 0 aromatic rings. The molecule has 10 heteroatoms. The molecule has 1 N–H and O–H groups in total. The van der Waals surface area contributed by atoms with Gasteiger partial charge >= 0.3 is 5.97 Å². The molecule has 2 aliphatic heterocycles. The van der Waals surface area contributed by atoms with Gasteiger partial charge in [0.1, 0.15) is 11.4 Å². The highest BCUT2D eigenvalue weighted by atomic mass is 32.2. The van der Waals surface area contributed by atoms with E-state index >= 15 is 8.78 Å². The van der Waals surface area contributed by atoms with E-state index in [0.717, 1.165) is 6.42 Å². The number of carbonyl (C=O) groups excluding carboxylic acids is 3. The number of hydrogen-bond acceptors (Lipinski definition) is 8. The van der Waals surface area contributed by atoms with Gasteiger partial charge in [0.25, 0.3) is 0 Å². The summed E-state index contributed by atoms with van der Waals surface area (Å²) in [5, 5.41) is 11.2. The SMILES string of the molecule is CCC[C@@H]1O[C@@H]2C[C@H]3[C@@H]4C[C@H](F)C5=CC(=O)C=C[C@]5(C)[C@@]4(F)[C@@H](O)C[C@]3(C)[C@]2(C(=O)CS[C@@H]2CCOC2=O)O1. The molecule has 0 aromatic heterocycles. The van der Waals surface area contributed by atoms with Gasteiger partial charge in [-0.05, 0) is 56.3 Å². The maximum absolute atomic E-state index is 17.5. The minimum atomic E-state index is -2.24. The minimum Gasteiger partial charge on any atom is -0.465 e. The van der Waals surface area contributed by atoms with E-state index in [-0.39, 0.29) is 35.9 Å². The van der Waals surface area contributed by atoms with Gasteiger partial charge in [-0.3, -0.25) is 14.4 Å². The first-order valence-electron chi connectivity index (χ1n) is 14.0. The molecular formula is C29H36F2O7S. The topological polar surface area (TPSA) is 99.1 Å². The van der Waals surface area contributed by atoms with E-state index in [4.69, 9.17) is 14.2 Å². The van der Waals surface area contributed by atoms with Crippen molar-refractivity contribution in [1.29, 1.82) is 0 Å². The average molecular weight is 567 g/mol. The summed E-state index contributed by atoms with van der Waals surface area (Å²) in [7, 11) is 0. The summed E-state index contributed by atoms with van der Waals surface area (Å²) in [5.41, 5.74) is -6.15. The van der Waals surface area contributed by atoms with Crippen molar-refractivity contribution < 1.29 is 42.5 Å². The van der Waals surface area contributed by atoms with Gasteiger partial charge in [-0.2, -0.15) is 0 Å². The van der Waals surface area contributed by atoms with Gasteiger partial charge < -0.3 is 19.3 Å². The van der Waals surface area contributed by atoms with Crippen LogP contribution < -0.4 is 0 Å². The molecule has 0 amide bonds. The number of aliphatic hydroxyl groups is 1. The van der Waals surface area contributed by atoms with Crippen LogP contribution >= 0.6 is 11.8 Å². The number of esters is 1. The maximum atomic E-state index is 17.5. The molecule has 2 saturated heterocycles. The summed E-state index contributed by atoms with van der Waals surface area (Å²) < 4.78 is 51.1. The van der Waals surface area contributed by atoms with Gasteiger partial charge in [-0.1, -0.05) is 26.3 Å². The molecule has 0 spiro atoms. The number of thioether (sulfide) groups is 1. The Bertz CT molecular complexity index is 1160. The number of halogens is 2. The van der Waals surface area contributed by atoms with Crippen LogP contribution in [0.15, 0.2) is 23.8 Å². The van der Waals surface area contributed by atoms with Crippen LogP contribution in [-0.4, -0.2) is 76.2 Å². The quantitative estimate of drug-likeness (QED) is 0.485. The smallest absolute Gasteiger partial charge is 0.319 e. The summed E-state index contributed by atoms with van der Waals surface area (Å²) in [6, 6.07) is 0. The average Bonchev–Trinajstić information content (AvgIpc) is 3.53. The summed E-state index contributed by atoms with van der Waals surface area (Å²) in [5.74, 6) is -2.43. The number of alkyl halides is 2. The predicted molar refractivity (Wildman–Crippen MR) is 138 cm³/mol. The third-order valence-electron chi connectivity index (χ3n) is 10.7. The van der Waals surface area contributed by atoms with Crippen molar-refractivity contribution >= 4 is 29.3 Å². The Labute approximate surface area is 231 Å². The highest BCUT2D eigenvalue weighted by molar-refractivity contribution is 8.01. The number of Topliss-reactive ketones (excluding diaryl/α,β-unsaturated/α-hetero) is 1. The van der Waals surface area contributed by atoms with E-state index in [1.807, 2.05) is 13.8 Å².